The van der Waals surface area contributed by atoms with Crippen LogP contribution in [0, 0.1) is 0 Å². The molecule has 6 nitrogen and oxygen atoms in total. The highest BCUT2D eigenvalue weighted by molar-refractivity contribution is 7.14. The molecule has 0 aliphatic carbocycles. The Hall–Kier alpha value is -3.06. The predicted molar refractivity (Wildman–Crippen MR) is 100.0 cm³/mol. The number of nitrogens with zero attached hydrogens (tertiary/aromatic N) is 2. The molecule has 0 fully saturated rings. The number of phenolic OH excluding ortho intramolecular Hbond substituents is 1. The van der Waals surface area contributed by atoms with Crippen molar-refractivity contribution in [3.63, 3.8) is 0 Å². The number of phenols is 1. The minimum absolute atomic E-state index is 0.0393. The smallest absolute Gasteiger partial charge is 0.203 e. The molecule has 2 aromatic carbocycles. The maximum atomic E-state index is 9.91. The molecule has 0 aliphatic heterocycles. The van der Waals surface area contributed by atoms with Gasteiger partial charge in [0.2, 0.25) is 10.9 Å². The average molecular weight is 355 g/mol. The van der Waals surface area contributed by atoms with E-state index in [1.165, 1.54) is 25.6 Å². The van der Waals surface area contributed by atoms with Gasteiger partial charge >= 0.3 is 0 Å². The molecule has 0 spiro atoms. The molecule has 0 saturated carbocycles. The van der Waals surface area contributed by atoms with Crippen molar-refractivity contribution in [2.75, 3.05) is 19.6 Å². The highest BCUT2D eigenvalue weighted by Crippen LogP contribution is 2.36. The first-order chi connectivity index (χ1) is 12.2. The molecule has 3 rings (SSSR count). The van der Waals surface area contributed by atoms with Crippen LogP contribution in [0.25, 0.3) is 11.3 Å². The zero-order valence-electron chi connectivity index (χ0n) is 13.8. The fourth-order valence-corrected chi connectivity index (χ4v) is 2.89. The second kappa shape index (κ2) is 7.67. The Balaban J connectivity index is 1.73. The van der Waals surface area contributed by atoms with Crippen molar-refractivity contribution in [1.29, 1.82) is 0 Å². The Bertz CT molecular complexity index is 853. The van der Waals surface area contributed by atoms with E-state index < -0.39 is 0 Å². The highest BCUT2D eigenvalue weighted by Gasteiger charge is 2.10. The van der Waals surface area contributed by atoms with Crippen LogP contribution in [0.4, 0.5) is 5.13 Å². The molecule has 128 valence electrons. The van der Waals surface area contributed by atoms with Crippen molar-refractivity contribution in [2.24, 2.45) is 5.10 Å². The standard InChI is InChI=1S/C18H17N3O3S/c1-23-15-8-12(9-16(24-2)17(15)22)10-19-21-18-20-14(11-25-18)13-6-4-3-5-7-13/h3-11,22H,1-2H3,(H,20,21)/b19-10-. The number of hydrogen-bond donors (Lipinski definition) is 2. The normalized spacial score (nSPS) is 10.8. The molecule has 0 atom stereocenters. The van der Waals surface area contributed by atoms with Gasteiger partial charge in [0, 0.05) is 16.5 Å². The Morgan fingerprint density at radius 3 is 2.44 bits per heavy atom. The molecule has 0 bridgehead atoms. The molecule has 7 heteroatoms. The third-order valence-corrected chi connectivity index (χ3v) is 4.20. The average Bonchev–Trinajstić information content (AvgIpc) is 3.12. The van der Waals surface area contributed by atoms with Gasteiger partial charge in [-0.15, -0.1) is 11.3 Å². The van der Waals surface area contributed by atoms with Crippen LogP contribution in [0.2, 0.25) is 0 Å². The number of ether oxygens (including phenoxy) is 2. The second-order valence-electron chi connectivity index (χ2n) is 5.05. The first-order valence-corrected chi connectivity index (χ1v) is 8.34. The molecular weight excluding hydrogens is 338 g/mol. The van der Waals surface area contributed by atoms with Gasteiger partial charge in [0.1, 0.15) is 0 Å². The Labute approximate surface area is 149 Å². The van der Waals surface area contributed by atoms with Gasteiger partial charge in [-0.25, -0.2) is 4.98 Å². The van der Waals surface area contributed by atoms with Gasteiger partial charge in [-0.3, -0.25) is 5.43 Å². The van der Waals surface area contributed by atoms with E-state index in [4.69, 9.17) is 9.47 Å². The molecule has 2 N–H and O–H groups in total. The summed E-state index contributed by atoms with van der Waals surface area (Å²) in [6.07, 6.45) is 1.61. The first-order valence-electron chi connectivity index (χ1n) is 7.46. The number of aromatic nitrogens is 1. The zero-order valence-corrected chi connectivity index (χ0v) is 14.6. The number of nitrogens with one attached hydrogen (secondary N) is 1. The van der Waals surface area contributed by atoms with Gasteiger partial charge in [0.05, 0.1) is 26.1 Å². The summed E-state index contributed by atoms with van der Waals surface area (Å²) in [4.78, 5) is 4.50. The van der Waals surface area contributed by atoms with Crippen molar-refractivity contribution >= 4 is 22.7 Å². The van der Waals surface area contributed by atoms with Crippen LogP contribution in [0.1, 0.15) is 5.56 Å². The molecule has 0 unspecified atom stereocenters. The summed E-state index contributed by atoms with van der Waals surface area (Å²) in [6, 6.07) is 13.3. The lowest BCUT2D eigenvalue weighted by Crippen LogP contribution is -1.94. The lowest BCUT2D eigenvalue weighted by Gasteiger charge is -2.09. The van der Waals surface area contributed by atoms with Crippen LogP contribution in [0.15, 0.2) is 52.9 Å². The molecule has 1 aromatic heterocycles. The van der Waals surface area contributed by atoms with E-state index in [2.05, 4.69) is 15.5 Å². The van der Waals surface area contributed by atoms with Gasteiger partial charge in [-0.1, -0.05) is 30.3 Å². The van der Waals surface area contributed by atoms with Gasteiger partial charge < -0.3 is 14.6 Å². The molecule has 0 saturated heterocycles. The highest BCUT2D eigenvalue weighted by atomic mass is 32.1. The molecule has 0 radical (unpaired) electrons. The van der Waals surface area contributed by atoms with E-state index in [1.807, 2.05) is 35.7 Å². The minimum atomic E-state index is -0.0393. The quantitative estimate of drug-likeness (QED) is 0.517. The predicted octanol–water partition coefficient (Wildman–Crippen LogP) is 3.98. The lowest BCUT2D eigenvalue weighted by molar-refractivity contribution is 0.340. The first kappa shape index (κ1) is 16.8. The molecular formula is C18H17N3O3S. The summed E-state index contributed by atoms with van der Waals surface area (Å²) in [5.74, 6) is 0.602. The minimum Gasteiger partial charge on any atom is -0.502 e. The summed E-state index contributed by atoms with van der Waals surface area (Å²) in [6.45, 7) is 0. The van der Waals surface area contributed by atoms with Gasteiger partial charge in [-0.05, 0) is 12.1 Å². The van der Waals surface area contributed by atoms with E-state index in [0.29, 0.717) is 16.6 Å². The van der Waals surface area contributed by atoms with Gasteiger partial charge in [0.15, 0.2) is 11.5 Å². The Morgan fingerprint density at radius 1 is 1.12 bits per heavy atom. The van der Waals surface area contributed by atoms with Crippen LogP contribution in [0.5, 0.6) is 17.2 Å². The van der Waals surface area contributed by atoms with Crippen molar-refractivity contribution < 1.29 is 14.6 Å². The van der Waals surface area contributed by atoms with Crippen LogP contribution in [0.3, 0.4) is 0 Å². The van der Waals surface area contributed by atoms with Crippen molar-refractivity contribution in [1.82, 2.24) is 4.98 Å². The number of aromatic hydroxyl groups is 1. The van der Waals surface area contributed by atoms with Crippen molar-refractivity contribution in [3.8, 4) is 28.5 Å². The second-order valence-corrected chi connectivity index (χ2v) is 5.91. The Kier molecular flexibility index (Phi) is 5.15. The lowest BCUT2D eigenvalue weighted by atomic mass is 10.2. The van der Waals surface area contributed by atoms with Crippen LogP contribution < -0.4 is 14.9 Å². The van der Waals surface area contributed by atoms with Crippen LogP contribution >= 0.6 is 11.3 Å². The van der Waals surface area contributed by atoms with Crippen molar-refractivity contribution in [3.05, 3.63) is 53.4 Å². The molecule has 0 amide bonds. The number of methoxy groups -OCH3 is 2. The van der Waals surface area contributed by atoms with E-state index in [1.54, 1.807) is 18.3 Å². The van der Waals surface area contributed by atoms with Crippen LogP contribution in [-0.4, -0.2) is 30.5 Å². The fourth-order valence-electron chi connectivity index (χ4n) is 2.22. The fraction of sp³-hybridized carbons (Fsp3) is 0.111. The monoisotopic (exact) mass is 355 g/mol. The summed E-state index contributed by atoms with van der Waals surface area (Å²) in [7, 11) is 2.96. The summed E-state index contributed by atoms with van der Waals surface area (Å²) < 4.78 is 10.2. The summed E-state index contributed by atoms with van der Waals surface area (Å²) in [5, 5.41) is 16.7. The zero-order chi connectivity index (χ0) is 17.6. The van der Waals surface area contributed by atoms with Crippen LogP contribution in [-0.2, 0) is 0 Å². The topological polar surface area (TPSA) is 76.0 Å². The number of hydrogen-bond acceptors (Lipinski definition) is 7. The molecule has 0 aliphatic rings. The maximum absolute atomic E-state index is 9.91. The molecule has 3 aromatic rings. The maximum Gasteiger partial charge on any atom is 0.203 e. The number of benzene rings is 2. The number of rotatable bonds is 6. The van der Waals surface area contributed by atoms with Gasteiger partial charge in [-0.2, -0.15) is 5.10 Å². The van der Waals surface area contributed by atoms with E-state index in [0.717, 1.165) is 16.8 Å². The molecule has 1 heterocycles. The van der Waals surface area contributed by atoms with Gasteiger partial charge in [0.25, 0.3) is 0 Å². The van der Waals surface area contributed by atoms with Crippen molar-refractivity contribution in [2.45, 2.75) is 0 Å². The number of anilines is 1. The van der Waals surface area contributed by atoms with E-state index >= 15 is 0 Å². The number of thiazole rings is 1. The van der Waals surface area contributed by atoms with E-state index in [-0.39, 0.29) is 5.75 Å². The summed E-state index contributed by atoms with van der Waals surface area (Å²) in [5.41, 5.74) is 5.59. The summed E-state index contributed by atoms with van der Waals surface area (Å²) >= 11 is 1.47. The SMILES string of the molecule is COc1cc(/C=N\Nc2nc(-c3ccccc3)cs2)cc(OC)c1O. The Morgan fingerprint density at radius 2 is 1.80 bits per heavy atom. The third kappa shape index (κ3) is 3.89. The van der Waals surface area contributed by atoms with E-state index in [9.17, 15) is 5.11 Å². The third-order valence-electron chi connectivity index (χ3n) is 3.45. The number of hydrazone groups is 1. The largest absolute Gasteiger partial charge is 0.502 e. The molecule has 25 heavy (non-hydrogen) atoms.